The molecule has 0 bridgehead atoms. The Kier molecular flexibility index (Phi) is 5.15. The van der Waals surface area contributed by atoms with Crippen molar-refractivity contribution in [3.05, 3.63) is 48.8 Å². The molecule has 2 aromatic heterocycles. The van der Waals surface area contributed by atoms with E-state index in [4.69, 9.17) is 0 Å². The highest BCUT2D eigenvalue weighted by atomic mass is 16.2. The van der Waals surface area contributed by atoms with Crippen LogP contribution in [0.25, 0.3) is 0 Å². The Labute approximate surface area is 165 Å². The summed E-state index contributed by atoms with van der Waals surface area (Å²) in [5.41, 5.74) is 1.25. The zero-order valence-corrected chi connectivity index (χ0v) is 16.3. The molecule has 4 rings (SSSR count). The van der Waals surface area contributed by atoms with E-state index in [0.717, 1.165) is 44.5 Å². The number of likely N-dealkylation sites (tertiary alicyclic amines) is 2. The summed E-state index contributed by atoms with van der Waals surface area (Å²) < 4.78 is 1.85. The van der Waals surface area contributed by atoms with Crippen molar-refractivity contribution in [1.82, 2.24) is 24.3 Å². The van der Waals surface area contributed by atoms with Crippen molar-refractivity contribution in [2.24, 2.45) is 5.41 Å². The van der Waals surface area contributed by atoms with E-state index in [0.29, 0.717) is 13.0 Å². The van der Waals surface area contributed by atoms with Gasteiger partial charge in [-0.3, -0.25) is 14.6 Å². The molecule has 0 radical (unpaired) electrons. The maximum atomic E-state index is 12.8. The van der Waals surface area contributed by atoms with Crippen LogP contribution >= 0.6 is 0 Å². The maximum Gasteiger partial charge on any atom is 0.245 e. The number of rotatable bonds is 4. The molecule has 2 aromatic rings. The van der Waals surface area contributed by atoms with E-state index >= 15 is 0 Å². The Hall–Kier alpha value is -2.70. The number of imidazole rings is 1. The summed E-state index contributed by atoms with van der Waals surface area (Å²) in [5.74, 6) is 0.378. The summed E-state index contributed by atoms with van der Waals surface area (Å²) in [6.07, 6.45) is 12.2. The summed E-state index contributed by atoms with van der Waals surface area (Å²) in [6.45, 7) is 4.87. The minimum atomic E-state index is -0.229. The van der Waals surface area contributed by atoms with E-state index in [1.807, 2.05) is 39.6 Å². The van der Waals surface area contributed by atoms with Crippen molar-refractivity contribution in [2.75, 3.05) is 19.6 Å². The largest absolute Gasteiger partial charge is 0.341 e. The smallest absolute Gasteiger partial charge is 0.245 e. The van der Waals surface area contributed by atoms with Crippen LogP contribution in [-0.4, -0.2) is 55.8 Å². The fourth-order valence-electron chi connectivity index (χ4n) is 4.45. The Balaban J connectivity index is 1.37. The molecule has 28 heavy (non-hydrogen) atoms. The van der Waals surface area contributed by atoms with Gasteiger partial charge in [0.05, 0.1) is 6.33 Å². The van der Waals surface area contributed by atoms with E-state index < -0.39 is 0 Å². The maximum absolute atomic E-state index is 12.8. The van der Waals surface area contributed by atoms with E-state index in [2.05, 4.69) is 9.97 Å². The molecule has 148 valence electrons. The number of aromatic nitrogens is 3. The van der Waals surface area contributed by atoms with Crippen LogP contribution in [0.3, 0.4) is 0 Å². The zero-order chi connectivity index (χ0) is 19.6. The van der Waals surface area contributed by atoms with Crippen molar-refractivity contribution in [3.8, 4) is 0 Å². The van der Waals surface area contributed by atoms with Gasteiger partial charge >= 0.3 is 0 Å². The van der Waals surface area contributed by atoms with Gasteiger partial charge in [0.2, 0.25) is 11.8 Å². The van der Waals surface area contributed by atoms with Gasteiger partial charge in [0.1, 0.15) is 6.04 Å². The molecular formula is C21H27N5O2. The Morgan fingerprint density at radius 3 is 2.57 bits per heavy atom. The third-order valence-corrected chi connectivity index (χ3v) is 6.34. The average molecular weight is 381 g/mol. The number of pyridine rings is 1. The second-order valence-corrected chi connectivity index (χ2v) is 8.12. The lowest BCUT2D eigenvalue weighted by Crippen LogP contribution is -2.52. The van der Waals surface area contributed by atoms with Crippen LogP contribution in [0.1, 0.15) is 44.2 Å². The van der Waals surface area contributed by atoms with E-state index in [9.17, 15) is 9.59 Å². The van der Waals surface area contributed by atoms with Crippen LogP contribution in [-0.2, 0) is 16.1 Å². The molecule has 0 N–H and O–H groups in total. The number of piperidine rings is 2. The second-order valence-electron chi connectivity index (χ2n) is 8.12. The van der Waals surface area contributed by atoms with Crippen LogP contribution in [0.2, 0.25) is 0 Å². The van der Waals surface area contributed by atoms with Crippen molar-refractivity contribution < 1.29 is 9.59 Å². The number of hydrogen-bond acceptors (Lipinski definition) is 4. The molecule has 0 aromatic carbocycles. The first-order chi connectivity index (χ1) is 13.6. The number of hydrogen-bond donors (Lipinski definition) is 0. The molecule has 2 fully saturated rings. The van der Waals surface area contributed by atoms with Gasteiger partial charge in [-0.25, -0.2) is 4.98 Å². The standard InChI is InChI=1S/C21H27N5O2/c1-17(25-13-10-23-16-25)20(28)24-11-6-21(7-12-24)5-2-19(27)26(15-21)14-18-3-8-22-9-4-18/h3-4,8-10,13,16-17H,2,5-7,11-12,14-15H2,1H3/t17-/m1/s1. The predicted octanol–water partition coefficient (Wildman–Crippen LogP) is 2.27. The third-order valence-electron chi connectivity index (χ3n) is 6.34. The summed E-state index contributed by atoms with van der Waals surface area (Å²) in [6, 6.07) is 3.70. The van der Waals surface area contributed by atoms with Crippen molar-refractivity contribution in [3.63, 3.8) is 0 Å². The molecule has 2 amide bonds. The lowest BCUT2D eigenvalue weighted by molar-refractivity contribution is -0.144. The molecular weight excluding hydrogens is 354 g/mol. The minimum Gasteiger partial charge on any atom is -0.341 e. The Bertz CT molecular complexity index is 813. The summed E-state index contributed by atoms with van der Waals surface area (Å²) in [4.78, 5) is 37.3. The van der Waals surface area contributed by atoms with Gasteiger partial charge < -0.3 is 14.4 Å². The van der Waals surface area contributed by atoms with Crippen molar-refractivity contribution in [2.45, 2.75) is 45.2 Å². The molecule has 7 heteroatoms. The first-order valence-electron chi connectivity index (χ1n) is 9.99. The fraction of sp³-hybridized carbons (Fsp3) is 0.524. The van der Waals surface area contributed by atoms with Gasteiger partial charge in [-0.2, -0.15) is 0 Å². The lowest BCUT2D eigenvalue weighted by Gasteiger charge is -2.47. The van der Waals surface area contributed by atoms with Crippen LogP contribution < -0.4 is 0 Å². The summed E-state index contributed by atoms with van der Waals surface area (Å²) in [5, 5.41) is 0. The average Bonchev–Trinajstić information content (AvgIpc) is 3.26. The van der Waals surface area contributed by atoms with Gasteiger partial charge in [0.15, 0.2) is 0 Å². The molecule has 4 heterocycles. The highest BCUT2D eigenvalue weighted by Crippen LogP contribution is 2.41. The first-order valence-corrected chi connectivity index (χ1v) is 9.99. The van der Waals surface area contributed by atoms with Crippen LogP contribution in [0.15, 0.2) is 43.2 Å². The Morgan fingerprint density at radius 2 is 1.89 bits per heavy atom. The third kappa shape index (κ3) is 3.79. The number of carbonyl (C=O) groups is 2. The van der Waals surface area contributed by atoms with Gasteiger partial charge in [-0.1, -0.05) is 0 Å². The number of amides is 2. The summed E-state index contributed by atoms with van der Waals surface area (Å²) in [7, 11) is 0. The van der Waals surface area contributed by atoms with Gasteiger partial charge in [0.25, 0.3) is 0 Å². The molecule has 2 saturated heterocycles. The van der Waals surface area contributed by atoms with Crippen LogP contribution in [0, 0.1) is 5.41 Å². The normalized spacial score (nSPS) is 20.4. The molecule has 1 atom stereocenters. The van der Waals surface area contributed by atoms with Crippen LogP contribution in [0.5, 0.6) is 0 Å². The fourth-order valence-corrected chi connectivity index (χ4v) is 4.45. The first kappa shape index (κ1) is 18.7. The SMILES string of the molecule is C[C@H](C(=O)N1CCC2(CCC(=O)N(Cc3ccncc3)C2)CC1)n1ccnc1. The quantitative estimate of drug-likeness (QED) is 0.815. The summed E-state index contributed by atoms with van der Waals surface area (Å²) >= 11 is 0. The van der Waals surface area contributed by atoms with Crippen molar-refractivity contribution in [1.29, 1.82) is 0 Å². The second kappa shape index (κ2) is 7.73. The van der Waals surface area contributed by atoms with E-state index in [-0.39, 0.29) is 23.3 Å². The Morgan fingerprint density at radius 1 is 1.14 bits per heavy atom. The highest BCUT2D eigenvalue weighted by molar-refractivity contribution is 5.80. The monoisotopic (exact) mass is 381 g/mol. The predicted molar refractivity (Wildman–Crippen MR) is 104 cm³/mol. The molecule has 7 nitrogen and oxygen atoms in total. The van der Waals surface area contributed by atoms with Gasteiger partial charge in [0, 0.05) is 57.4 Å². The molecule has 0 aliphatic carbocycles. The van der Waals surface area contributed by atoms with E-state index in [1.165, 1.54) is 0 Å². The number of carbonyl (C=O) groups excluding carboxylic acids is 2. The van der Waals surface area contributed by atoms with Gasteiger partial charge in [-0.05, 0) is 49.3 Å². The molecule has 2 aliphatic rings. The highest BCUT2D eigenvalue weighted by Gasteiger charge is 2.42. The molecule has 1 spiro atoms. The topological polar surface area (TPSA) is 71.3 Å². The van der Waals surface area contributed by atoms with Crippen LogP contribution in [0.4, 0.5) is 0 Å². The molecule has 2 aliphatic heterocycles. The number of nitrogens with zero attached hydrogens (tertiary/aromatic N) is 5. The van der Waals surface area contributed by atoms with Crippen molar-refractivity contribution >= 4 is 11.8 Å². The molecule has 0 saturated carbocycles. The molecule has 0 unspecified atom stereocenters. The van der Waals surface area contributed by atoms with E-state index in [1.54, 1.807) is 24.9 Å². The zero-order valence-electron chi connectivity index (χ0n) is 16.3. The lowest BCUT2D eigenvalue weighted by atomic mass is 9.72. The van der Waals surface area contributed by atoms with Gasteiger partial charge in [-0.15, -0.1) is 0 Å². The minimum absolute atomic E-state index is 0.135.